The Balaban J connectivity index is 1.41. The summed E-state index contributed by atoms with van der Waals surface area (Å²) in [7, 11) is 0. The lowest BCUT2D eigenvalue weighted by molar-refractivity contribution is 0.688. The molecule has 0 N–H and O–H groups in total. The van der Waals surface area contributed by atoms with E-state index in [1.54, 1.807) is 23.7 Å². The molecule has 5 nitrogen and oxygen atoms in total. The number of benzene rings is 1. The lowest BCUT2D eigenvalue weighted by Gasteiger charge is -2.07. The zero-order valence-electron chi connectivity index (χ0n) is 15.4. The van der Waals surface area contributed by atoms with E-state index in [0.717, 1.165) is 44.2 Å². The molecule has 4 aromatic heterocycles. The largest absolute Gasteiger partial charge is 0.311 e. The number of hydrogen-bond donors (Lipinski definition) is 0. The number of fused-ring (bicyclic) bond motifs is 2. The van der Waals surface area contributed by atoms with Crippen LogP contribution in [0.3, 0.4) is 0 Å². The van der Waals surface area contributed by atoms with Crippen molar-refractivity contribution in [3.05, 3.63) is 88.5 Å². The third kappa shape index (κ3) is 2.68. The molecule has 1 aliphatic carbocycles. The van der Waals surface area contributed by atoms with E-state index in [4.69, 9.17) is 4.98 Å². The first-order valence-electron chi connectivity index (χ1n) is 9.55. The summed E-state index contributed by atoms with van der Waals surface area (Å²) in [4.78, 5) is 18.2. The first kappa shape index (κ1) is 16.6. The Hall–Kier alpha value is -3.38. The Kier molecular flexibility index (Phi) is 3.61. The summed E-state index contributed by atoms with van der Waals surface area (Å²) in [6.45, 7) is 0. The summed E-state index contributed by atoms with van der Waals surface area (Å²) < 4.78 is 2.88. The first-order chi connectivity index (χ1) is 14.3. The molecular formula is C23H16N4OS. The topological polar surface area (TPSA) is 60.7 Å². The van der Waals surface area contributed by atoms with Crippen molar-refractivity contribution in [2.24, 2.45) is 0 Å². The SMILES string of the molecule is O=c1c2c(-c3ccnnc3)csc2ccn1[C@@H]1C[C@H]1c1ccc2ccccc2n1. The van der Waals surface area contributed by atoms with Gasteiger partial charge in [0.05, 0.1) is 23.3 Å². The minimum Gasteiger partial charge on any atom is -0.311 e. The number of rotatable bonds is 3. The normalized spacial score (nSPS) is 18.3. The van der Waals surface area contributed by atoms with Crippen LogP contribution in [0.5, 0.6) is 0 Å². The Morgan fingerprint density at radius 2 is 1.97 bits per heavy atom. The molecule has 6 rings (SSSR count). The van der Waals surface area contributed by atoms with Gasteiger partial charge in [0.1, 0.15) is 0 Å². The Morgan fingerprint density at radius 1 is 1.03 bits per heavy atom. The highest BCUT2D eigenvalue weighted by Gasteiger charge is 2.41. The Bertz CT molecular complexity index is 1420. The number of nitrogens with zero attached hydrogens (tertiary/aromatic N) is 4. The van der Waals surface area contributed by atoms with Gasteiger partial charge in [-0.25, -0.2) is 0 Å². The maximum atomic E-state index is 13.4. The maximum absolute atomic E-state index is 13.4. The fraction of sp³-hybridized carbons (Fsp3) is 0.130. The van der Waals surface area contributed by atoms with Gasteiger partial charge in [0.2, 0.25) is 0 Å². The lowest BCUT2D eigenvalue weighted by atomic mass is 10.1. The van der Waals surface area contributed by atoms with Gasteiger partial charge in [0.25, 0.3) is 5.56 Å². The van der Waals surface area contributed by atoms with Gasteiger partial charge in [0.15, 0.2) is 0 Å². The van der Waals surface area contributed by atoms with E-state index in [0.29, 0.717) is 0 Å². The molecule has 0 saturated heterocycles. The summed E-state index contributed by atoms with van der Waals surface area (Å²) in [5, 5.41) is 11.7. The predicted octanol–water partition coefficient (Wildman–Crippen LogP) is 4.80. The van der Waals surface area contributed by atoms with Gasteiger partial charge in [-0.3, -0.25) is 9.78 Å². The molecule has 0 unspecified atom stereocenters. The van der Waals surface area contributed by atoms with Crippen molar-refractivity contribution in [2.75, 3.05) is 0 Å². The van der Waals surface area contributed by atoms with Gasteiger partial charge in [-0.05, 0) is 30.7 Å². The molecule has 0 radical (unpaired) electrons. The molecule has 1 aromatic carbocycles. The third-order valence-electron chi connectivity index (χ3n) is 5.66. The average Bonchev–Trinajstić information content (AvgIpc) is 3.44. The summed E-state index contributed by atoms with van der Waals surface area (Å²) in [6, 6.07) is 16.4. The van der Waals surface area contributed by atoms with Crippen molar-refractivity contribution in [3.8, 4) is 11.1 Å². The van der Waals surface area contributed by atoms with Gasteiger partial charge < -0.3 is 4.57 Å². The van der Waals surface area contributed by atoms with Crippen molar-refractivity contribution in [1.29, 1.82) is 0 Å². The van der Waals surface area contributed by atoms with Crippen molar-refractivity contribution in [3.63, 3.8) is 0 Å². The van der Waals surface area contributed by atoms with Crippen LogP contribution < -0.4 is 5.56 Å². The van der Waals surface area contributed by atoms with E-state index in [2.05, 4.69) is 28.4 Å². The molecule has 0 aliphatic heterocycles. The molecule has 1 fully saturated rings. The molecule has 0 bridgehead atoms. The number of pyridine rings is 2. The molecular weight excluding hydrogens is 380 g/mol. The van der Waals surface area contributed by atoms with Crippen LogP contribution in [0.25, 0.3) is 32.1 Å². The van der Waals surface area contributed by atoms with Crippen LogP contribution in [0, 0.1) is 0 Å². The van der Waals surface area contributed by atoms with Crippen LogP contribution in [0.4, 0.5) is 0 Å². The highest BCUT2D eigenvalue weighted by molar-refractivity contribution is 7.17. The van der Waals surface area contributed by atoms with E-state index in [-0.39, 0.29) is 17.5 Å². The van der Waals surface area contributed by atoms with Gasteiger partial charge in [-0.15, -0.1) is 11.3 Å². The van der Waals surface area contributed by atoms with E-state index in [9.17, 15) is 4.79 Å². The van der Waals surface area contributed by atoms with E-state index in [1.165, 1.54) is 0 Å². The minimum atomic E-state index is 0.0591. The molecule has 0 amide bonds. The van der Waals surface area contributed by atoms with Crippen LogP contribution >= 0.6 is 11.3 Å². The fourth-order valence-corrected chi connectivity index (χ4v) is 5.03. The molecule has 6 heteroatoms. The number of thiophene rings is 1. The average molecular weight is 396 g/mol. The van der Waals surface area contributed by atoms with Crippen molar-refractivity contribution >= 4 is 32.3 Å². The standard InChI is InChI=1S/C23H16N4OS/c28-23-22-17(15-7-9-24-25-12-15)13-29-21(22)8-10-27(23)20-11-16(20)19-6-5-14-3-1-2-4-18(14)26-19/h1-10,12-13,16,20H,11H2/t16-,20+/m0/s1. The van der Waals surface area contributed by atoms with Crippen molar-refractivity contribution in [1.82, 2.24) is 19.7 Å². The second-order valence-corrected chi connectivity index (χ2v) is 8.30. The van der Waals surface area contributed by atoms with Gasteiger partial charge in [0, 0.05) is 50.4 Å². The Morgan fingerprint density at radius 3 is 2.86 bits per heavy atom. The molecule has 0 spiro atoms. The lowest BCUT2D eigenvalue weighted by Crippen LogP contribution is -2.18. The second-order valence-electron chi connectivity index (χ2n) is 7.39. The maximum Gasteiger partial charge on any atom is 0.260 e. The van der Waals surface area contributed by atoms with E-state index < -0.39 is 0 Å². The highest BCUT2D eigenvalue weighted by atomic mass is 32.1. The summed E-state index contributed by atoms with van der Waals surface area (Å²) >= 11 is 1.59. The molecule has 5 aromatic rings. The van der Waals surface area contributed by atoms with Crippen molar-refractivity contribution < 1.29 is 0 Å². The summed E-state index contributed by atoms with van der Waals surface area (Å²) in [6.07, 6.45) is 6.23. The van der Waals surface area contributed by atoms with Gasteiger partial charge in [-0.1, -0.05) is 24.3 Å². The van der Waals surface area contributed by atoms with E-state index >= 15 is 0 Å². The molecule has 1 saturated carbocycles. The van der Waals surface area contributed by atoms with Gasteiger partial charge >= 0.3 is 0 Å². The first-order valence-corrected chi connectivity index (χ1v) is 10.4. The fourth-order valence-electron chi connectivity index (χ4n) is 4.08. The molecule has 2 atom stereocenters. The number of aromatic nitrogens is 4. The second kappa shape index (κ2) is 6.32. The number of para-hydroxylation sites is 1. The van der Waals surface area contributed by atoms with Crippen LogP contribution in [0.2, 0.25) is 0 Å². The van der Waals surface area contributed by atoms with Crippen molar-refractivity contribution in [2.45, 2.75) is 18.4 Å². The van der Waals surface area contributed by atoms with Crippen LogP contribution in [0.1, 0.15) is 24.1 Å². The van der Waals surface area contributed by atoms with Crippen LogP contribution in [0.15, 0.2) is 77.3 Å². The Labute approximate surface area is 170 Å². The zero-order chi connectivity index (χ0) is 19.4. The summed E-state index contributed by atoms with van der Waals surface area (Å²) in [5.41, 5.74) is 3.97. The van der Waals surface area contributed by atoms with Gasteiger partial charge in [-0.2, -0.15) is 10.2 Å². The predicted molar refractivity (Wildman–Crippen MR) is 115 cm³/mol. The molecule has 4 heterocycles. The number of hydrogen-bond acceptors (Lipinski definition) is 5. The third-order valence-corrected chi connectivity index (χ3v) is 6.61. The highest BCUT2D eigenvalue weighted by Crippen LogP contribution is 2.50. The monoisotopic (exact) mass is 396 g/mol. The van der Waals surface area contributed by atoms with E-state index in [1.807, 2.05) is 46.5 Å². The molecule has 29 heavy (non-hydrogen) atoms. The molecule has 1 aliphatic rings. The smallest absolute Gasteiger partial charge is 0.260 e. The molecule has 140 valence electrons. The minimum absolute atomic E-state index is 0.0591. The quantitative estimate of drug-likeness (QED) is 0.440. The van der Waals surface area contributed by atoms with Crippen LogP contribution in [-0.4, -0.2) is 19.7 Å². The van der Waals surface area contributed by atoms with Crippen LogP contribution in [-0.2, 0) is 0 Å². The zero-order valence-corrected chi connectivity index (χ0v) is 16.2. The summed E-state index contributed by atoms with van der Waals surface area (Å²) in [5.74, 6) is 0.277.